The van der Waals surface area contributed by atoms with Crippen LogP contribution in [-0.4, -0.2) is 21.0 Å². The Balaban J connectivity index is 2.54. The highest BCUT2D eigenvalue weighted by molar-refractivity contribution is 9.10. The number of anilines is 1. The molecule has 1 atom stereocenters. The molecule has 1 rings (SSSR count). The Morgan fingerprint density at radius 1 is 1.53 bits per heavy atom. The van der Waals surface area contributed by atoms with Crippen molar-refractivity contribution in [1.29, 1.82) is 0 Å². The summed E-state index contributed by atoms with van der Waals surface area (Å²) in [5.74, 6) is -0.0569. The summed E-state index contributed by atoms with van der Waals surface area (Å²) in [6.45, 7) is 0. The lowest BCUT2D eigenvalue weighted by molar-refractivity contribution is -0.115. The van der Waals surface area contributed by atoms with Crippen molar-refractivity contribution in [2.75, 3.05) is 10.6 Å². The highest BCUT2D eigenvalue weighted by atomic mass is 79.9. The van der Waals surface area contributed by atoms with E-state index in [4.69, 9.17) is 0 Å². The molecule has 0 bridgehead atoms. The van der Waals surface area contributed by atoms with Crippen LogP contribution in [0, 0.1) is 0 Å². The minimum absolute atomic E-state index is 0.0569. The summed E-state index contributed by atoms with van der Waals surface area (Å²) in [4.78, 5) is 15.4. The van der Waals surface area contributed by atoms with Gasteiger partial charge in [0, 0.05) is 5.33 Å². The van der Waals surface area contributed by atoms with Crippen LogP contribution in [-0.2, 0) is 4.79 Å². The van der Waals surface area contributed by atoms with Crippen LogP contribution in [0.25, 0.3) is 0 Å². The van der Waals surface area contributed by atoms with Gasteiger partial charge in [-0.15, -0.1) is 0 Å². The Hall–Kier alpha value is 0.0600. The summed E-state index contributed by atoms with van der Waals surface area (Å²) in [5.41, 5.74) is 0.697. The number of nitrogens with one attached hydrogen (secondary N) is 1. The topological polar surface area (TPSA) is 42.0 Å². The van der Waals surface area contributed by atoms with E-state index in [1.165, 1.54) is 0 Å². The highest BCUT2D eigenvalue weighted by Gasteiger charge is 2.13. The van der Waals surface area contributed by atoms with Gasteiger partial charge in [-0.05, 0) is 34.5 Å². The fourth-order valence-corrected chi connectivity index (χ4v) is 2.55. The van der Waals surface area contributed by atoms with E-state index in [2.05, 4.69) is 58.1 Å². The van der Waals surface area contributed by atoms with Gasteiger partial charge < -0.3 is 5.32 Å². The molecule has 0 aromatic carbocycles. The number of amides is 1. The van der Waals surface area contributed by atoms with Gasteiger partial charge in [-0.3, -0.25) is 4.79 Å². The molecule has 1 aromatic heterocycles. The van der Waals surface area contributed by atoms with Crippen molar-refractivity contribution in [3.8, 4) is 0 Å². The van der Waals surface area contributed by atoms with Gasteiger partial charge in [-0.1, -0.05) is 31.9 Å². The van der Waals surface area contributed by atoms with Gasteiger partial charge in [0.25, 0.3) is 0 Å². The molecule has 0 spiro atoms. The summed E-state index contributed by atoms with van der Waals surface area (Å²) in [7, 11) is 0. The Bertz CT molecular complexity index is 329. The number of hydrogen-bond acceptors (Lipinski definition) is 2. The summed E-state index contributed by atoms with van der Waals surface area (Å²) in [6.07, 6.45) is 2.35. The van der Waals surface area contributed by atoms with Crippen LogP contribution in [0.1, 0.15) is 6.42 Å². The second-order valence-corrected chi connectivity index (χ2v) is 5.51. The quantitative estimate of drug-likeness (QED) is 0.622. The summed E-state index contributed by atoms with van der Waals surface area (Å²) < 4.78 is 0.747. The molecule has 0 fully saturated rings. The zero-order chi connectivity index (χ0) is 11.3. The van der Waals surface area contributed by atoms with Gasteiger partial charge in [0.15, 0.2) is 0 Å². The van der Waals surface area contributed by atoms with Crippen LogP contribution >= 0.6 is 47.8 Å². The smallest absolute Gasteiger partial charge is 0.238 e. The average molecular weight is 401 g/mol. The van der Waals surface area contributed by atoms with Crippen molar-refractivity contribution in [3.05, 3.63) is 22.9 Å². The van der Waals surface area contributed by atoms with E-state index in [-0.39, 0.29) is 10.7 Å². The molecular formula is C9H9Br3N2O. The molecule has 0 aliphatic rings. The van der Waals surface area contributed by atoms with Crippen LogP contribution in [0.3, 0.4) is 0 Å². The molecule has 0 aliphatic carbocycles. The van der Waals surface area contributed by atoms with Crippen molar-refractivity contribution in [3.63, 3.8) is 0 Å². The van der Waals surface area contributed by atoms with E-state index in [9.17, 15) is 4.79 Å². The molecule has 82 valence electrons. The highest BCUT2D eigenvalue weighted by Crippen LogP contribution is 2.13. The van der Waals surface area contributed by atoms with Crippen LogP contribution in [0.4, 0.5) is 5.69 Å². The zero-order valence-corrected chi connectivity index (χ0v) is 12.5. The van der Waals surface area contributed by atoms with E-state index in [1.807, 2.05) is 0 Å². The lowest BCUT2D eigenvalue weighted by Crippen LogP contribution is -2.23. The third-order valence-electron chi connectivity index (χ3n) is 1.64. The first kappa shape index (κ1) is 13.1. The average Bonchev–Trinajstić information content (AvgIpc) is 2.22. The van der Waals surface area contributed by atoms with Crippen LogP contribution < -0.4 is 5.32 Å². The fraction of sp³-hybridized carbons (Fsp3) is 0.333. The number of aromatic nitrogens is 1. The Labute approximate surface area is 113 Å². The van der Waals surface area contributed by atoms with Gasteiger partial charge in [-0.2, -0.15) is 0 Å². The maximum absolute atomic E-state index is 11.6. The van der Waals surface area contributed by atoms with Crippen molar-refractivity contribution in [2.24, 2.45) is 0 Å². The summed E-state index contributed by atoms with van der Waals surface area (Å²) >= 11 is 9.81. The van der Waals surface area contributed by atoms with Crippen molar-refractivity contribution in [2.45, 2.75) is 11.2 Å². The monoisotopic (exact) mass is 398 g/mol. The van der Waals surface area contributed by atoms with Gasteiger partial charge >= 0.3 is 0 Å². The lowest BCUT2D eigenvalue weighted by Gasteiger charge is -2.08. The first-order valence-corrected chi connectivity index (χ1v) is 7.09. The molecule has 1 aromatic rings. The number of alkyl halides is 2. The van der Waals surface area contributed by atoms with Gasteiger partial charge in [0.05, 0.1) is 16.7 Å². The molecule has 1 unspecified atom stereocenters. The normalized spacial score (nSPS) is 12.2. The molecule has 1 amide bonds. The van der Waals surface area contributed by atoms with Gasteiger partial charge in [-0.25, -0.2) is 4.98 Å². The van der Waals surface area contributed by atoms with Crippen molar-refractivity contribution < 1.29 is 4.79 Å². The minimum Gasteiger partial charge on any atom is -0.324 e. The van der Waals surface area contributed by atoms with Crippen LogP contribution in [0.15, 0.2) is 22.9 Å². The number of nitrogens with zero attached hydrogens (tertiary/aromatic N) is 1. The van der Waals surface area contributed by atoms with E-state index >= 15 is 0 Å². The third kappa shape index (κ3) is 4.61. The largest absolute Gasteiger partial charge is 0.324 e. The molecule has 3 nitrogen and oxygen atoms in total. The first-order chi connectivity index (χ1) is 7.13. The second kappa shape index (κ2) is 6.60. The Kier molecular flexibility index (Phi) is 5.78. The molecular weight excluding hydrogens is 392 g/mol. The van der Waals surface area contributed by atoms with E-state index < -0.39 is 0 Å². The first-order valence-electron chi connectivity index (χ1n) is 4.26. The maximum atomic E-state index is 11.6. The Morgan fingerprint density at radius 3 is 2.80 bits per heavy atom. The number of carbonyl (C=O) groups excluding carboxylic acids is 1. The molecule has 0 aliphatic heterocycles. The standard InChI is InChI=1S/C9H9Br3N2O/c10-4-3-7(11)9(15)14-6-1-2-8(12)13-5-6/h1-2,5,7H,3-4H2,(H,14,15). The summed E-state index contributed by atoms with van der Waals surface area (Å²) in [5, 5.41) is 3.55. The summed E-state index contributed by atoms with van der Waals surface area (Å²) in [6, 6.07) is 3.58. The predicted octanol–water partition coefficient (Wildman–Crippen LogP) is 3.33. The lowest BCUT2D eigenvalue weighted by atomic mass is 10.3. The molecule has 1 heterocycles. The molecule has 1 N–H and O–H groups in total. The molecule has 0 saturated heterocycles. The van der Waals surface area contributed by atoms with Gasteiger partial charge in [0.1, 0.15) is 4.60 Å². The SMILES string of the molecule is O=C(Nc1ccc(Br)nc1)C(Br)CCBr. The molecule has 0 saturated carbocycles. The molecule has 0 radical (unpaired) electrons. The van der Waals surface area contributed by atoms with E-state index in [1.54, 1.807) is 18.3 Å². The number of halogens is 3. The fourth-order valence-electron chi connectivity index (χ4n) is 0.897. The van der Waals surface area contributed by atoms with E-state index in [0.29, 0.717) is 5.69 Å². The maximum Gasteiger partial charge on any atom is 0.238 e. The van der Waals surface area contributed by atoms with E-state index in [0.717, 1.165) is 16.4 Å². The number of carbonyl (C=O) groups is 1. The van der Waals surface area contributed by atoms with Gasteiger partial charge in [0.2, 0.25) is 5.91 Å². The predicted molar refractivity (Wildman–Crippen MR) is 71.7 cm³/mol. The van der Waals surface area contributed by atoms with Crippen LogP contribution in [0.2, 0.25) is 0 Å². The molecule has 6 heteroatoms. The van der Waals surface area contributed by atoms with Crippen LogP contribution in [0.5, 0.6) is 0 Å². The zero-order valence-electron chi connectivity index (χ0n) is 7.71. The minimum atomic E-state index is -0.180. The van der Waals surface area contributed by atoms with Crippen molar-refractivity contribution in [1.82, 2.24) is 4.98 Å². The Morgan fingerprint density at radius 2 is 2.27 bits per heavy atom. The third-order valence-corrected chi connectivity index (χ3v) is 3.44. The molecule has 15 heavy (non-hydrogen) atoms. The number of pyridine rings is 1. The van der Waals surface area contributed by atoms with Crippen molar-refractivity contribution >= 4 is 59.4 Å². The number of rotatable bonds is 4. The number of hydrogen-bond donors (Lipinski definition) is 1. The second-order valence-electron chi connectivity index (χ2n) is 2.80.